The first kappa shape index (κ1) is 22.8. The summed E-state index contributed by atoms with van der Waals surface area (Å²) in [7, 11) is -2.80. The summed E-state index contributed by atoms with van der Waals surface area (Å²) < 4.78 is 42.3. The molecule has 34 heavy (non-hydrogen) atoms. The molecule has 0 saturated carbocycles. The Bertz CT molecular complexity index is 1490. The molecule has 3 aromatic heterocycles. The number of hydrogen-bond acceptors (Lipinski definition) is 12. The van der Waals surface area contributed by atoms with E-state index in [9.17, 15) is 23.2 Å². The molecule has 0 N–H and O–H groups in total. The van der Waals surface area contributed by atoms with Crippen molar-refractivity contribution in [1.29, 1.82) is 0 Å². The second-order valence-corrected chi connectivity index (χ2v) is 8.70. The second kappa shape index (κ2) is 9.26. The molecule has 16 heteroatoms. The van der Waals surface area contributed by atoms with E-state index in [0.29, 0.717) is 12.8 Å². The van der Waals surface area contributed by atoms with Crippen molar-refractivity contribution in [3.8, 4) is 5.88 Å². The molecule has 3 heterocycles. The SMILES string of the molecule is Cn1nnc2c(C(=O)OCCCCOc3no[n+]([O-])c3S(=O)(=O)c3ccccc3)ncn2c1=O. The lowest BCUT2D eigenvalue weighted by Crippen LogP contribution is -2.31. The third kappa shape index (κ3) is 4.29. The van der Waals surface area contributed by atoms with Crippen LogP contribution in [-0.2, 0) is 21.6 Å². The minimum absolute atomic E-state index is 0.0188. The quantitative estimate of drug-likeness (QED) is 0.163. The van der Waals surface area contributed by atoms with Crippen molar-refractivity contribution in [3.63, 3.8) is 0 Å². The molecular weight excluding hydrogens is 474 g/mol. The van der Waals surface area contributed by atoms with Crippen molar-refractivity contribution in [2.45, 2.75) is 22.8 Å². The molecular formula is C18H17N7O8S. The highest BCUT2D eigenvalue weighted by Crippen LogP contribution is 2.25. The first-order valence-corrected chi connectivity index (χ1v) is 11.3. The molecule has 15 nitrogen and oxygen atoms in total. The Morgan fingerprint density at radius 3 is 2.71 bits per heavy atom. The Morgan fingerprint density at radius 1 is 1.21 bits per heavy atom. The van der Waals surface area contributed by atoms with E-state index in [-0.39, 0.29) is 34.4 Å². The van der Waals surface area contributed by atoms with E-state index < -0.39 is 32.4 Å². The van der Waals surface area contributed by atoms with E-state index >= 15 is 0 Å². The number of imidazole rings is 1. The summed E-state index contributed by atoms with van der Waals surface area (Å²) in [5.74, 6) is -1.26. The van der Waals surface area contributed by atoms with Gasteiger partial charge in [-0.25, -0.2) is 27.4 Å². The average Bonchev–Trinajstić information content (AvgIpc) is 3.43. The lowest BCUT2D eigenvalue weighted by atomic mass is 10.3. The smallest absolute Gasteiger partial charge is 0.414 e. The fourth-order valence-electron chi connectivity index (χ4n) is 2.87. The fourth-order valence-corrected chi connectivity index (χ4v) is 4.17. The maximum absolute atomic E-state index is 12.7. The third-order valence-corrected chi connectivity index (χ3v) is 6.28. The topological polar surface area (TPSA) is 188 Å². The molecule has 0 fully saturated rings. The van der Waals surface area contributed by atoms with Gasteiger partial charge in [0.25, 0.3) is 9.84 Å². The summed E-state index contributed by atoms with van der Waals surface area (Å²) in [5.41, 5.74) is -0.699. The van der Waals surface area contributed by atoms with Crippen molar-refractivity contribution in [2.75, 3.05) is 13.2 Å². The summed E-state index contributed by atoms with van der Waals surface area (Å²) in [4.78, 5) is 27.7. The van der Waals surface area contributed by atoms with E-state index in [1.807, 2.05) is 0 Å². The summed E-state index contributed by atoms with van der Waals surface area (Å²) in [5, 5.41) is 21.8. The van der Waals surface area contributed by atoms with Crippen molar-refractivity contribution in [3.05, 3.63) is 58.0 Å². The van der Waals surface area contributed by atoms with Gasteiger partial charge >= 0.3 is 22.6 Å². The molecule has 0 aliphatic rings. The van der Waals surface area contributed by atoms with Crippen LogP contribution < -0.4 is 15.3 Å². The van der Waals surface area contributed by atoms with Crippen LogP contribution in [0.2, 0.25) is 0 Å². The second-order valence-electron chi connectivity index (χ2n) is 6.83. The number of hydrogen-bond donors (Lipinski definition) is 0. The summed E-state index contributed by atoms with van der Waals surface area (Å²) >= 11 is 0. The van der Waals surface area contributed by atoms with Crippen LogP contribution in [-0.4, -0.2) is 57.1 Å². The molecule has 4 rings (SSSR count). The molecule has 0 bridgehead atoms. The normalized spacial score (nSPS) is 11.6. The maximum atomic E-state index is 12.7. The largest absolute Gasteiger partial charge is 0.461 e. The Hall–Kier alpha value is -4.34. The molecule has 0 saturated heterocycles. The van der Waals surface area contributed by atoms with Gasteiger partial charge in [-0.3, -0.25) is 4.63 Å². The lowest BCUT2D eigenvalue weighted by molar-refractivity contribution is -0.832. The Morgan fingerprint density at radius 2 is 1.94 bits per heavy atom. The van der Waals surface area contributed by atoms with Crippen LogP contribution in [0.5, 0.6) is 5.88 Å². The maximum Gasteiger partial charge on any atom is 0.414 e. The van der Waals surface area contributed by atoms with Crippen LogP contribution in [0.15, 0.2) is 56.0 Å². The monoisotopic (exact) mass is 491 g/mol. The highest BCUT2D eigenvalue weighted by atomic mass is 32.2. The lowest BCUT2D eigenvalue weighted by Gasteiger charge is -2.04. The van der Waals surface area contributed by atoms with E-state index in [0.717, 1.165) is 15.4 Å². The van der Waals surface area contributed by atoms with Gasteiger partial charge in [-0.2, -0.15) is 4.68 Å². The molecule has 0 spiro atoms. The zero-order chi connectivity index (χ0) is 24.3. The number of ether oxygens (including phenoxy) is 2. The highest BCUT2D eigenvalue weighted by Gasteiger charge is 2.35. The van der Waals surface area contributed by atoms with Crippen LogP contribution in [0.4, 0.5) is 0 Å². The molecule has 178 valence electrons. The Kier molecular flexibility index (Phi) is 6.22. The van der Waals surface area contributed by atoms with Crippen LogP contribution in [0.1, 0.15) is 23.3 Å². The number of rotatable bonds is 9. The van der Waals surface area contributed by atoms with E-state index in [1.54, 1.807) is 6.07 Å². The first-order valence-electron chi connectivity index (χ1n) is 9.77. The number of benzene rings is 1. The first-order chi connectivity index (χ1) is 16.3. The number of aryl methyl sites for hydroxylation is 1. The zero-order valence-corrected chi connectivity index (χ0v) is 18.4. The molecule has 0 aliphatic heterocycles. The molecule has 0 atom stereocenters. The van der Waals surface area contributed by atoms with Gasteiger partial charge in [-0.05, 0) is 29.9 Å². The molecule has 0 radical (unpaired) electrons. The summed E-state index contributed by atoms with van der Waals surface area (Å²) in [6.45, 7) is -0.0503. The number of sulfone groups is 1. The van der Waals surface area contributed by atoms with Crippen LogP contribution in [0.25, 0.3) is 5.65 Å². The fraction of sp³-hybridized carbons (Fsp3) is 0.278. The third-order valence-electron chi connectivity index (χ3n) is 4.56. The van der Waals surface area contributed by atoms with Crippen LogP contribution >= 0.6 is 0 Å². The van der Waals surface area contributed by atoms with Crippen molar-refractivity contribution in [1.82, 2.24) is 29.5 Å². The number of fused-ring (bicyclic) bond motifs is 1. The zero-order valence-electron chi connectivity index (χ0n) is 17.6. The predicted octanol–water partition coefficient (Wildman–Crippen LogP) is -0.707. The number of esters is 1. The van der Waals surface area contributed by atoms with Gasteiger partial charge in [0.05, 0.1) is 23.3 Å². The number of unbranched alkanes of at least 4 members (excludes halogenated alkanes) is 1. The number of aromatic nitrogens is 7. The summed E-state index contributed by atoms with van der Waals surface area (Å²) in [6.07, 6.45) is 1.81. The van der Waals surface area contributed by atoms with E-state index in [1.165, 1.54) is 31.3 Å². The highest BCUT2D eigenvalue weighted by molar-refractivity contribution is 7.91. The molecule has 0 aliphatic carbocycles. The Labute approximate surface area is 190 Å². The predicted molar refractivity (Wildman–Crippen MR) is 108 cm³/mol. The van der Waals surface area contributed by atoms with Gasteiger partial charge in [-0.15, -0.1) is 5.10 Å². The van der Waals surface area contributed by atoms with Gasteiger partial charge in [-0.1, -0.05) is 23.4 Å². The number of nitrogens with zero attached hydrogens (tertiary/aromatic N) is 7. The van der Waals surface area contributed by atoms with Crippen molar-refractivity contribution < 1.29 is 32.2 Å². The van der Waals surface area contributed by atoms with Crippen molar-refractivity contribution >= 4 is 21.5 Å². The van der Waals surface area contributed by atoms with E-state index in [2.05, 4.69) is 25.1 Å². The summed E-state index contributed by atoms with van der Waals surface area (Å²) in [6, 6.07) is 7.30. The van der Waals surface area contributed by atoms with Crippen molar-refractivity contribution in [2.24, 2.45) is 7.05 Å². The minimum atomic E-state index is -4.21. The van der Waals surface area contributed by atoms with Crippen LogP contribution in [0.3, 0.4) is 0 Å². The van der Waals surface area contributed by atoms with Gasteiger partial charge in [0, 0.05) is 7.05 Å². The van der Waals surface area contributed by atoms with Gasteiger partial charge in [0.1, 0.15) is 6.33 Å². The van der Waals surface area contributed by atoms with Gasteiger partial charge < -0.3 is 14.7 Å². The molecule has 0 unspecified atom stereocenters. The number of carbonyl (C=O) groups excluding carboxylic acids is 1. The standard InChI is InChI=1S/C18H17N7O8S/c1-23-18(27)24-11-19-13(14(24)20-22-23)17(26)32-10-6-5-9-31-15-16(25(28)33-21-15)34(29,30)12-7-3-2-4-8-12/h2-4,7-8,11H,5-6,9-10H2,1H3. The number of carbonyl (C=O) groups is 1. The van der Waals surface area contributed by atoms with Gasteiger partial charge in [0.2, 0.25) is 0 Å². The minimum Gasteiger partial charge on any atom is -0.461 e. The van der Waals surface area contributed by atoms with Gasteiger partial charge in [0.15, 0.2) is 11.3 Å². The molecule has 1 aromatic carbocycles. The van der Waals surface area contributed by atoms with E-state index in [4.69, 9.17) is 9.47 Å². The molecule has 4 aromatic rings. The molecule has 0 amide bonds. The average molecular weight is 491 g/mol. The van der Waals surface area contributed by atoms with Crippen LogP contribution in [0, 0.1) is 5.21 Å². The Balaban J connectivity index is 1.31.